The van der Waals surface area contributed by atoms with E-state index in [1.54, 1.807) is 4.90 Å². The number of hydrogen-bond acceptors (Lipinski definition) is 2. The molecule has 5 heteroatoms. The minimum absolute atomic E-state index is 0.0190. The maximum atomic E-state index is 13.8. The van der Waals surface area contributed by atoms with E-state index in [0.29, 0.717) is 12.1 Å². The molecule has 126 valence electrons. The quantitative estimate of drug-likeness (QED) is 0.854. The monoisotopic (exact) mass is 322 g/mol. The van der Waals surface area contributed by atoms with Crippen molar-refractivity contribution >= 4 is 5.91 Å². The van der Waals surface area contributed by atoms with Crippen LogP contribution in [0.5, 0.6) is 0 Å². The summed E-state index contributed by atoms with van der Waals surface area (Å²) in [5, 5.41) is 0. The van der Waals surface area contributed by atoms with Gasteiger partial charge in [0, 0.05) is 38.7 Å². The maximum Gasteiger partial charge on any atom is 0.225 e. The van der Waals surface area contributed by atoms with Crippen LogP contribution in [0, 0.1) is 23.0 Å². The molecule has 3 nitrogen and oxygen atoms in total. The molecular weight excluding hydrogens is 298 g/mol. The van der Waals surface area contributed by atoms with Crippen LogP contribution in [0.1, 0.15) is 31.2 Å². The van der Waals surface area contributed by atoms with Crippen LogP contribution >= 0.6 is 0 Å². The van der Waals surface area contributed by atoms with E-state index in [1.807, 2.05) is 14.1 Å². The highest BCUT2D eigenvalue weighted by Gasteiger charge is 2.50. The molecule has 1 saturated heterocycles. The summed E-state index contributed by atoms with van der Waals surface area (Å²) in [6.45, 7) is 2.05. The molecule has 23 heavy (non-hydrogen) atoms. The molecule has 1 heterocycles. The van der Waals surface area contributed by atoms with E-state index in [2.05, 4.69) is 4.90 Å². The Bertz CT molecular complexity index is 605. The van der Waals surface area contributed by atoms with Crippen molar-refractivity contribution in [2.45, 2.75) is 32.2 Å². The summed E-state index contributed by atoms with van der Waals surface area (Å²) in [4.78, 5) is 16.3. The van der Waals surface area contributed by atoms with Gasteiger partial charge in [-0.05, 0) is 49.4 Å². The Morgan fingerprint density at radius 2 is 2.13 bits per heavy atom. The summed E-state index contributed by atoms with van der Waals surface area (Å²) >= 11 is 0. The molecule has 2 fully saturated rings. The molecule has 1 amide bonds. The predicted molar refractivity (Wildman–Crippen MR) is 84.7 cm³/mol. The topological polar surface area (TPSA) is 23.6 Å². The van der Waals surface area contributed by atoms with E-state index in [1.165, 1.54) is 12.1 Å². The molecule has 1 aromatic carbocycles. The van der Waals surface area contributed by atoms with Crippen molar-refractivity contribution in [3.05, 3.63) is 35.4 Å². The molecule has 0 bridgehead atoms. The van der Waals surface area contributed by atoms with Gasteiger partial charge >= 0.3 is 0 Å². The normalized spacial score (nSPS) is 27.7. The van der Waals surface area contributed by atoms with Gasteiger partial charge in [0.25, 0.3) is 0 Å². The summed E-state index contributed by atoms with van der Waals surface area (Å²) in [7, 11) is 3.62. The standard InChI is InChI=1S/C18H24F2N2O/c1-21(2)17(23)15-4-3-7-18(15)8-9-22(12-18)11-13-10-14(19)5-6-16(13)20/h5-6,10,15H,3-4,7-9,11-12H2,1-2H3/t15-,18+/m0/s1. The van der Waals surface area contributed by atoms with E-state index in [9.17, 15) is 13.6 Å². The smallest absolute Gasteiger partial charge is 0.225 e. The van der Waals surface area contributed by atoms with Crippen LogP contribution in [0.2, 0.25) is 0 Å². The van der Waals surface area contributed by atoms with Crippen molar-refractivity contribution in [2.24, 2.45) is 11.3 Å². The van der Waals surface area contributed by atoms with Crippen LogP contribution in [0.3, 0.4) is 0 Å². The van der Waals surface area contributed by atoms with Gasteiger partial charge in [0.05, 0.1) is 0 Å². The van der Waals surface area contributed by atoms with Crippen molar-refractivity contribution in [3.8, 4) is 0 Å². The predicted octanol–water partition coefficient (Wildman–Crippen LogP) is 3.05. The summed E-state index contributed by atoms with van der Waals surface area (Å²) in [6, 6.07) is 3.61. The van der Waals surface area contributed by atoms with Gasteiger partial charge in [0.1, 0.15) is 11.6 Å². The van der Waals surface area contributed by atoms with Crippen LogP contribution < -0.4 is 0 Å². The summed E-state index contributed by atoms with van der Waals surface area (Å²) < 4.78 is 27.2. The maximum absolute atomic E-state index is 13.8. The Kier molecular flexibility index (Phi) is 4.41. The third kappa shape index (κ3) is 3.11. The van der Waals surface area contributed by atoms with Gasteiger partial charge in [-0.1, -0.05) is 6.42 Å². The number of hydrogen-bond donors (Lipinski definition) is 0. The molecule has 0 unspecified atom stereocenters. The highest BCUT2D eigenvalue weighted by molar-refractivity contribution is 5.79. The lowest BCUT2D eigenvalue weighted by molar-refractivity contribution is -0.136. The number of carbonyl (C=O) groups excluding carboxylic acids is 1. The summed E-state index contributed by atoms with van der Waals surface area (Å²) in [5.74, 6) is -0.488. The number of amides is 1. The molecule has 2 atom stereocenters. The van der Waals surface area contributed by atoms with E-state index in [0.717, 1.165) is 44.8 Å². The molecular formula is C18H24F2N2O. The number of likely N-dealkylation sites (tertiary alicyclic amines) is 1. The zero-order valence-electron chi connectivity index (χ0n) is 13.8. The molecule has 3 rings (SSSR count). The van der Waals surface area contributed by atoms with Crippen LogP contribution in [0.25, 0.3) is 0 Å². The fourth-order valence-electron chi connectivity index (χ4n) is 4.35. The number of rotatable bonds is 3. The molecule has 0 aromatic heterocycles. The van der Waals surface area contributed by atoms with E-state index >= 15 is 0 Å². The number of nitrogens with zero attached hydrogens (tertiary/aromatic N) is 2. The fraction of sp³-hybridized carbons (Fsp3) is 0.611. The van der Waals surface area contributed by atoms with Gasteiger partial charge in [-0.15, -0.1) is 0 Å². The van der Waals surface area contributed by atoms with Crippen LogP contribution in [0.4, 0.5) is 8.78 Å². The molecule has 2 aliphatic rings. The lowest BCUT2D eigenvalue weighted by atomic mass is 9.76. The average Bonchev–Trinajstić information content (AvgIpc) is 3.10. The third-order valence-corrected chi connectivity index (χ3v) is 5.51. The van der Waals surface area contributed by atoms with Gasteiger partial charge in [0.15, 0.2) is 0 Å². The molecule has 1 spiro atoms. The second kappa shape index (κ2) is 6.19. The van der Waals surface area contributed by atoms with Gasteiger partial charge < -0.3 is 4.90 Å². The minimum atomic E-state index is -0.406. The number of halogens is 2. The first-order chi connectivity index (χ1) is 10.9. The van der Waals surface area contributed by atoms with Gasteiger partial charge in [0.2, 0.25) is 5.91 Å². The Morgan fingerprint density at radius 3 is 2.87 bits per heavy atom. The van der Waals surface area contributed by atoms with Gasteiger partial charge in [-0.2, -0.15) is 0 Å². The first kappa shape index (κ1) is 16.4. The highest BCUT2D eigenvalue weighted by Crippen LogP contribution is 2.50. The molecule has 1 saturated carbocycles. The lowest BCUT2D eigenvalue weighted by Gasteiger charge is -2.32. The lowest BCUT2D eigenvalue weighted by Crippen LogP contribution is -2.40. The minimum Gasteiger partial charge on any atom is -0.349 e. The average molecular weight is 322 g/mol. The van der Waals surface area contributed by atoms with E-state index in [4.69, 9.17) is 0 Å². The van der Waals surface area contributed by atoms with E-state index < -0.39 is 5.82 Å². The number of carbonyl (C=O) groups is 1. The molecule has 1 aliphatic carbocycles. The Labute approximate surface area is 136 Å². The van der Waals surface area contributed by atoms with Crippen LogP contribution in [-0.4, -0.2) is 42.9 Å². The fourth-order valence-corrected chi connectivity index (χ4v) is 4.35. The second-order valence-corrected chi connectivity index (χ2v) is 7.24. The summed E-state index contributed by atoms with van der Waals surface area (Å²) in [5.41, 5.74) is 0.418. The molecule has 0 radical (unpaired) electrons. The van der Waals surface area contributed by atoms with Crippen molar-refractivity contribution in [1.82, 2.24) is 9.80 Å². The SMILES string of the molecule is CN(C)C(=O)[C@@H]1CCC[C@]12CCN(Cc1cc(F)ccc1F)C2. The zero-order chi connectivity index (χ0) is 16.6. The van der Waals surface area contributed by atoms with Gasteiger partial charge in [-0.25, -0.2) is 8.78 Å². The van der Waals surface area contributed by atoms with Crippen molar-refractivity contribution in [3.63, 3.8) is 0 Å². The van der Waals surface area contributed by atoms with E-state index in [-0.39, 0.29) is 23.1 Å². The second-order valence-electron chi connectivity index (χ2n) is 7.24. The molecule has 1 aliphatic heterocycles. The molecule has 0 N–H and O–H groups in total. The zero-order valence-corrected chi connectivity index (χ0v) is 13.8. The third-order valence-electron chi connectivity index (χ3n) is 5.51. The van der Waals surface area contributed by atoms with Crippen LogP contribution in [-0.2, 0) is 11.3 Å². The first-order valence-corrected chi connectivity index (χ1v) is 8.29. The Morgan fingerprint density at radius 1 is 1.35 bits per heavy atom. The first-order valence-electron chi connectivity index (χ1n) is 8.29. The van der Waals surface area contributed by atoms with Gasteiger partial charge in [-0.3, -0.25) is 9.69 Å². The number of benzene rings is 1. The van der Waals surface area contributed by atoms with Crippen molar-refractivity contribution in [2.75, 3.05) is 27.2 Å². The van der Waals surface area contributed by atoms with Crippen molar-refractivity contribution < 1.29 is 13.6 Å². The Hall–Kier alpha value is -1.49. The van der Waals surface area contributed by atoms with Crippen LogP contribution in [0.15, 0.2) is 18.2 Å². The summed E-state index contributed by atoms with van der Waals surface area (Å²) in [6.07, 6.45) is 4.04. The highest BCUT2D eigenvalue weighted by atomic mass is 19.1. The van der Waals surface area contributed by atoms with Crippen molar-refractivity contribution in [1.29, 1.82) is 0 Å². The molecule has 1 aromatic rings. The largest absolute Gasteiger partial charge is 0.349 e. The Balaban J connectivity index is 1.72.